The summed E-state index contributed by atoms with van der Waals surface area (Å²) in [6.45, 7) is 1.57. The molecule has 0 amide bonds. The molecule has 0 aliphatic carbocycles. The molecule has 0 atom stereocenters. The minimum Gasteiger partial charge on any atom is -0.308 e. The fourth-order valence-electron chi connectivity index (χ4n) is 6.97. The molecule has 0 aliphatic heterocycles. The lowest BCUT2D eigenvalue weighted by Gasteiger charge is -2.21. The molecule has 0 radical (unpaired) electrons. The highest BCUT2D eigenvalue weighted by Gasteiger charge is 2.41. The van der Waals surface area contributed by atoms with E-state index in [0.717, 1.165) is 0 Å². The van der Waals surface area contributed by atoms with Crippen LogP contribution in [0.4, 0.5) is 52.7 Å². The van der Waals surface area contributed by atoms with Crippen LogP contribution in [-0.2, 0) is 24.7 Å². The van der Waals surface area contributed by atoms with Crippen LogP contribution in [0.1, 0.15) is 33.4 Å². The number of nitriles is 1. The zero-order valence-electron chi connectivity index (χ0n) is 28.3. The molecule has 0 saturated heterocycles. The normalized spacial score (nSPS) is 12.7. The first-order valence-electron chi connectivity index (χ1n) is 16.3. The average Bonchev–Trinajstić information content (AvgIpc) is 3.48. The lowest BCUT2D eigenvalue weighted by molar-refractivity contribution is -0.144. The van der Waals surface area contributed by atoms with Gasteiger partial charge in [0.1, 0.15) is 0 Å². The number of hydrogen-bond acceptors (Lipinski definition) is 2. The summed E-state index contributed by atoms with van der Waals surface area (Å²) in [7, 11) is 0. The molecule has 0 saturated carbocycles. The fourth-order valence-corrected chi connectivity index (χ4v) is 6.97. The van der Waals surface area contributed by atoms with E-state index in [1.54, 1.807) is 25.1 Å². The van der Waals surface area contributed by atoms with Crippen molar-refractivity contribution in [2.24, 2.45) is 0 Å². The number of hydrogen-bond donors (Lipinski definition) is 0. The van der Waals surface area contributed by atoms with Crippen LogP contribution in [0.25, 0.3) is 60.9 Å². The summed E-state index contributed by atoms with van der Waals surface area (Å²) in [4.78, 5) is 3.97. The predicted molar refractivity (Wildman–Crippen MR) is 184 cm³/mol. The molecule has 0 fully saturated rings. The van der Waals surface area contributed by atoms with Crippen molar-refractivity contribution in [2.75, 3.05) is 0 Å². The Hall–Kier alpha value is -6.30. The Labute approximate surface area is 308 Å². The zero-order chi connectivity index (χ0) is 40.5. The second-order valence-corrected chi connectivity index (χ2v) is 12.8. The third-order valence-electron chi connectivity index (χ3n) is 9.38. The van der Waals surface area contributed by atoms with E-state index >= 15 is 0 Å². The molecular weight excluding hydrogens is 762 g/mol. The maximum absolute atomic E-state index is 14.7. The van der Waals surface area contributed by atoms with E-state index in [9.17, 15) is 57.9 Å². The van der Waals surface area contributed by atoms with Gasteiger partial charge in [-0.25, -0.2) is 0 Å². The summed E-state index contributed by atoms with van der Waals surface area (Å²) in [6, 6.07) is 18.4. The molecule has 7 aromatic rings. The highest BCUT2D eigenvalue weighted by atomic mass is 19.4. The van der Waals surface area contributed by atoms with Crippen LogP contribution >= 0.6 is 0 Å². The first-order valence-corrected chi connectivity index (χ1v) is 16.3. The summed E-state index contributed by atoms with van der Waals surface area (Å²) in [5.41, 5.74) is -7.16. The molecule has 0 unspecified atom stereocenters. The Morgan fingerprint density at radius 2 is 0.982 bits per heavy atom. The number of alkyl halides is 12. The second-order valence-electron chi connectivity index (χ2n) is 12.8. The molecule has 0 aliphatic rings. The first-order chi connectivity index (χ1) is 26.2. The van der Waals surface area contributed by atoms with Crippen LogP contribution in [0.3, 0.4) is 0 Å². The van der Waals surface area contributed by atoms with Crippen LogP contribution < -0.4 is 0 Å². The van der Waals surface area contributed by atoms with Gasteiger partial charge >= 0.3 is 24.7 Å². The number of aryl methyl sites for hydroxylation is 1. The summed E-state index contributed by atoms with van der Waals surface area (Å²) < 4.78 is 171. The van der Waals surface area contributed by atoms with Gasteiger partial charge in [0.15, 0.2) is 0 Å². The molecule has 284 valence electrons. The Morgan fingerprint density at radius 3 is 1.39 bits per heavy atom. The molecule has 0 N–H and O–H groups in total. The molecule has 2 heterocycles. The van der Waals surface area contributed by atoms with E-state index in [1.165, 1.54) is 59.4 Å². The summed E-state index contributed by atoms with van der Waals surface area (Å²) in [5.74, 6) is 0. The molecule has 0 spiro atoms. The monoisotopic (exact) mass is 783 g/mol. The van der Waals surface area contributed by atoms with Gasteiger partial charge in [-0.3, -0.25) is 4.98 Å². The number of rotatable bonds is 4. The van der Waals surface area contributed by atoms with Crippen molar-refractivity contribution < 1.29 is 52.7 Å². The number of para-hydroxylation sites is 2. The van der Waals surface area contributed by atoms with E-state index in [-0.39, 0.29) is 56.3 Å². The molecule has 15 heteroatoms. The van der Waals surface area contributed by atoms with E-state index in [2.05, 4.69) is 11.1 Å². The number of aromatic nitrogens is 2. The molecular formula is C41H21F12N3. The molecule has 2 aromatic heterocycles. The van der Waals surface area contributed by atoms with Crippen LogP contribution in [0.5, 0.6) is 0 Å². The quantitative estimate of drug-likeness (QED) is 0.167. The maximum Gasteiger partial charge on any atom is 0.417 e. The Balaban J connectivity index is 1.68. The number of halogens is 12. The number of pyridine rings is 1. The molecule has 56 heavy (non-hydrogen) atoms. The van der Waals surface area contributed by atoms with Gasteiger partial charge in [0.2, 0.25) is 0 Å². The van der Waals surface area contributed by atoms with Crippen molar-refractivity contribution in [2.45, 2.75) is 31.6 Å². The Kier molecular flexibility index (Phi) is 8.94. The minimum atomic E-state index is -5.32. The number of fused-ring (bicyclic) bond motifs is 3. The fraction of sp³-hybridized carbons (Fsp3) is 0.122. The minimum absolute atomic E-state index is 0.0257. The molecule has 5 aromatic carbocycles. The standard InChI is InChI=1S/C41H21F12N3/c1-21-16-32(22-12-14-55-15-13-22)23(20-54)17-35(21)56-36-28(26-10-8-24(38(42,43)44)18-33(26)40(48,49)50)4-2-6-30(36)31-7-3-5-29(37(31)56)27-11-9-25(39(45,46)47)19-34(27)41(51,52)53/h2-19H,1H3. The SMILES string of the molecule is Cc1cc(-c2ccncc2)c(C#N)cc1-n1c2c(-c3ccc(C(F)(F)F)cc3C(F)(F)F)cccc2c2cccc(-c3ccc(C(F)(F)F)cc3C(F)(F)F)c21. The third kappa shape index (κ3) is 6.58. The van der Waals surface area contributed by atoms with Crippen LogP contribution in [0.2, 0.25) is 0 Å². The predicted octanol–water partition coefficient (Wildman–Crippen LogP) is 13.4. The van der Waals surface area contributed by atoms with Crippen molar-refractivity contribution in [1.29, 1.82) is 5.26 Å². The topological polar surface area (TPSA) is 41.6 Å². The zero-order valence-corrected chi connectivity index (χ0v) is 28.3. The van der Waals surface area contributed by atoms with Crippen molar-refractivity contribution in [3.63, 3.8) is 0 Å². The second kappa shape index (κ2) is 13.2. The summed E-state index contributed by atoms with van der Waals surface area (Å²) in [5, 5.41) is 10.6. The van der Waals surface area contributed by atoms with Crippen LogP contribution in [0.15, 0.2) is 109 Å². The van der Waals surface area contributed by atoms with Crippen LogP contribution in [-0.4, -0.2) is 9.55 Å². The van der Waals surface area contributed by atoms with Crippen molar-refractivity contribution in [3.8, 4) is 45.1 Å². The van der Waals surface area contributed by atoms with Crippen molar-refractivity contribution in [3.05, 3.63) is 143 Å². The summed E-state index contributed by atoms with van der Waals surface area (Å²) >= 11 is 0. The number of nitrogens with zero attached hydrogens (tertiary/aromatic N) is 3. The van der Waals surface area contributed by atoms with Gasteiger partial charge in [-0.05, 0) is 83.3 Å². The first kappa shape index (κ1) is 38.0. The highest BCUT2D eigenvalue weighted by Crippen LogP contribution is 2.49. The third-order valence-corrected chi connectivity index (χ3v) is 9.38. The van der Waals surface area contributed by atoms with E-state index in [0.29, 0.717) is 41.0 Å². The van der Waals surface area contributed by atoms with Crippen LogP contribution in [0, 0.1) is 18.3 Å². The highest BCUT2D eigenvalue weighted by molar-refractivity contribution is 6.17. The molecule has 0 bridgehead atoms. The van der Waals surface area contributed by atoms with Gasteiger partial charge in [-0.1, -0.05) is 48.5 Å². The van der Waals surface area contributed by atoms with Gasteiger partial charge in [0.25, 0.3) is 0 Å². The number of benzene rings is 5. The smallest absolute Gasteiger partial charge is 0.308 e. The van der Waals surface area contributed by atoms with Gasteiger partial charge in [-0.2, -0.15) is 57.9 Å². The van der Waals surface area contributed by atoms with E-state index < -0.39 is 58.1 Å². The maximum atomic E-state index is 14.7. The Bertz CT molecular complexity index is 2580. The lowest BCUT2D eigenvalue weighted by Crippen LogP contribution is -2.12. The van der Waals surface area contributed by atoms with E-state index in [1.807, 2.05) is 0 Å². The Morgan fingerprint density at radius 1 is 0.518 bits per heavy atom. The molecule has 7 rings (SSSR count). The van der Waals surface area contributed by atoms with Crippen molar-refractivity contribution in [1.82, 2.24) is 9.55 Å². The van der Waals surface area contributed by atoms with Gasteiger partial charge in [0.05, 0.1) is 50.6 Å². The van der Waals surface area contributed by atoms with Crippen molar-refractivity contribution >= 4 is 21.8 Å². The van der Waals surface area contributed by atoms with Gasteiger partial charge in [0, 0.05) is 34.3 Å². The lowest BCUT2D eigenvalue weighted by atomic mass is 9.94. The molecule has 3 nitrogen and oxygen atoms in total. The average molecular weight is 784 g/mol. The summed E-state index contributed by atoms with van der Waals surface area (Å²) in [6.07, 6.45) is -18.0. The largest absolute Gasteiger partial charge is 0.417 e. The van der Waals surface area contributed by atoms with Gasteiger partial charge in [-0.15, -0.1) is 0 Å². The van der Waals surface area contributed by atoms with E-state index in [4.69, 9.17) is 0 Å². The van der Waals surface area contributed by atoms with Gasteiger partial charge < -0.3 is 4.57 Å².